The topological polar surface area (TPSA) is 101 Å². The summed E-state index contributed by atoms with van der Waals surface area (Å²) in [5.41, 5.74) is -0.688. The molecule has 1 aromatic carbocycles. The van der Waals surface area contributed by atoms with Crippen LogP contribution >= 0.6 is 0 Å². The van der Waals surface area contributed by atoms with Crippen LogP contribution in [0.3, 0.4) is 0 Å². The van der Waals surface area contributed by atoms with Crippen LogP contribution in [0, 0.1) is 22.5 Å². The molecule has 1 fully saturated rings. The molecule has 0 spiro atoms. The standard InChI is InChI=1S/C14H16N2O5/c1-9-4-3-5-10(16(20)21)11(9)12(17)15-7-6-14(2,8-15)13(18)19/h3-5H,6-8H2,1-2H3,(H,18,19). The van der Waals surface area contributed by atoms with Gasteiger partial charge < -0.3 is 10.0 Å². The molecule has 2 rings (SSSR count). The van der Waals surface area contributed by atoms with Gasteiger partial charge >= 0.3 is 5.97 Å². The van der Waals surface area contributed by atoms with Gasteiger partial charge in [0.2, 0.25) is 0 Å². The zero-order valence-electron chi connectivity index (χ0n) is 11.8. The van der Waals surface area contributed by atoms with E-state index in [1.807, 2.05) is 0 Å². The van der Waals surface area contributed by atoms with Gasteiger partial charge in [0, 0.05) is 19.2 Å². The minimum Gasteiger partial charge on any atom is -0.481 e. The van der Waals surface area contributed by atoms with E-state index in [2.05, 4.69) is 0 Å². The molecule has 1 aliphatic rings. The smallest absolute Gasteiger partial charge is 0.311 e. The van der Waals surface area contributed by atoms with Gasteiger partial charge in [-0.1, -0.05) is 12.1 Å². The van der Waals surface area contributed by atoms with Crippen LogP contribution in [-0.4, -0.2) is 39.9 Å². The molecule has 112 valence electrons. The van der Waals surface area contributed by atoms with Gasteiger partial charge in [0.25, 0.3) is 11.6 Å². The fraction of sp³-hybridized carbons (Fsp3) is 0.429. The summed E-state index contributed by atoms with van der Waals surface area (Å²) in [6.07, 6.45) is 0.341. The molecule has 1 saturated heterocycles. The van der Waals surface area contributed by atoms with E-state index in [1.54, 1.807) is 19.9 Å². The van der Waals surface area contributed by atoms with E-state index in [0.29, 0.717) is 12.0 Å². The van der Waals surface area contributed by atoms with Crippen molar-refractivity contribution >= 4 is 17.6 Å². The van der Waals surface area contributed by atoms with Gasteiger partial charge in [-0.2, -0.15) is 0 Å². The highest BCUT2D eigenvalue weighted by Gasteiger charge is 2.43. The number of hydrogen-bond acceptors (Lipinski definition) is 4. The van der Waals surface area contributed by atoms with E-state index in [-0.39, 0.29) is 24.3 Å². The maximum atomic E-state index is 12.5. The molecule has 0 saturated carbocycles. The van der Waals surface area contributed by atoms with Crippen LogP contribution in [-0.2, 0) is 4.79 Å². The summed E-state index contributed by atoms with van der Waals surface area (Å²) in [4.78, 5) is 35.6. The number of aryl methyl sites for hydroxylation is 1. The molecule has 0 aliphatic carbocycles. The van der Waals surface area contributed by atoms with Gasteiger partial charge in [0.15, 0.2) is 0 Å². The van der Waals surface area contributed by atoms with Crippen LogP contribution in [0.5, 0.6) is 0 Å². The summed E-state index contributed by atoms with van der Waals surface area (Å²) in [5.74, 6) is -1.44. The average Bonchev–Trinajstić information content (AvgIpc) is 2.82. The maximum Gasteiger partial charge on any atom is 0.311 e. The van der Waals surface area contributed by atoms with Crippen LogP contribution in [0.2, 0.25) is 0 Å². The molecule has 0 bridgehead atoms. The summed E-state index contributed by atoms with van der Waals surface area (Å²) in [6.45, 7) is 3.56. The number of carboxylic acid groups (broad SMARTS) is 1. The molecule has 0 radical (unpaired) electrons. The predicted molar refractivity (Wildman–Crippen MR) is 74.1 cm³/mol. The fourth-order valence-electron chi connectivity index (χ4n) is 2.55. The molecule has 1 amide bonds. The van der Waals surface area contributed by atoms with Gasteiger partial charge in [-0.25, -0.2) is 0 Å². The molecule has 1 aromatic rings. The predicted octanol–water partition coefficient (Wildman–Crippen LogP) is 1.84. The van der Waals surface area contributed by atoms with Gasteiger partial charge in [-0.3, -0.25) is 19.7 Å². The Kier molecular flexibility index (Phi) is 3.67. The summed E-state index contributed by atoms with van der Waals surface area (Å²) < 4.78 is 0. The maximum absolute atomic E-state index is 12.5. The van der Waals surface area contributed by atoms with Crippen molar-refractivity contribution in [3.63, 3.8) is 0 Å². The minimum atomic E-state index is -0.993. The largest absolute Gasteiger partial charge is 0.481 e. The van der Waals surface area contributed by atoms with Crippen molar-refractivity contribution < 1.29 is 19.6 Å². The molecule has 1 N–H and O–H groups in total. The molecule has 1 atom stereocenters. The van der Waals surface area contributed by atoms with Crippen molar-refractivity contribution in [1.82, 2.24) is 4.90 Å². The van der Waals surface area contributed by atoms with Crippen molar-refractivity contribution in [3.05, 3.63) is 39.4 Å². The number of nitro groups is 1. The number of nitrogens with zero attached hydrogens (tertiary/aromatic N) is 2. The molecule has 7 nitrogen and oxygen atoms in total. The van der Waals surface area contributed by atoms with E-state index >= 15 is 0 Å². The first kappa shape index (κ1) is 15.0. The van der Waals surface area contributed by atoms with Crippen molar-refractivity contribution in [3.8, 4) is 0 Å². The molecule has 1 heterocycles. The Bertz CT molecular complexity index is 628. The Hall–Kier alpha value is -2.44. The number of aliphatic carboxylic acids is 1. The summed E-state index contributed by atoms with van der Waals surface area (Å²) in [5, 5.41) is 20.3. The van der Waals surface area contributed by atoms with Crippen molar-refractivity contribution in [1.29, 1.82) is 0 Å². The summed E-state index contributed by atoms with van der Waals surface area (Å²) >= 11 is 0. The number of rotatable bonds is 3. The van der Waals surface area contributed by atoms with Crippen molar-refractivity contribution in [2.24, 2.45) is 5.41 Å². The quantitative estimate of drug-likeness (QED) is 0.676. The monoisotopic (exact) mass is 292 g/mol. The van der Waals surface area contributed by atoms with Gasteiger partial charge in [0.05, 0.1) is 10.3 Å². The van der Waals surface area contributed by atoms with E-state index in [0.717, 1.165) is 0 Å². The van der Waals surface area contributed by atoms with Crippen molar-refractivity contribution in [2.45, 2.75) is 20.3 Å². The highest BCUT2D eigenvalue weighted by Crippen LogP contribution is 2.33. The first-order chi connectivity index (χ1) is 9.76. The normalized spacial score (nSPS) is 21.3. The second-order valence-corrected chi connectivity index (χ2v) is 5.57. The highest BCUT2D eigenvalue weighted by atomic mass is 16.6. The third-order valence-corrected chi connectivity index (χ3v) is 3.94. The lowest BCUT2D eigenvalue weighted by molar-refractivity contribution is -0.385. The lowest BCUT2D eigenvalue weighted by Gasteiger charge is -2.20. The Labute approximate surface area is 121 Å². The van der Waals surface area contributed by atoms with Crippen LogP contribution in [0.25, 0.3) is 0 Å². The number of carbonyl (C=O) groups is 2. The van der Waals surface area contributed by atoms with Gasteiger partial charge in [-0.05, 0) is 25.8 Å². The first-order valence-corrected chi connectivity index (χ1v) is 6.53. The Morgan fingerprint density at radius 2 is 2.10 bits per heavy atom. The molecular weight excluding hydrogens is 276 g/mol. The lowest BCUT2D eigenvalue weighted by Crippen LogP contribution is -2.35. The SMILES string of the molecule is Cc1cccc([N+](=O)[O-])c1C(=O)N1CCC(C)(C(=O)O)C1. The van der Waals surface area contributed by atoms with Crippen LogP contribution < -0.4 is 0 Å². The van der Waals surface area contributed by atoms with E-state index in [9.17, 15) is 24.8 Å². The third-order valence-electron chi connectivity index (χ3n) is 3.94. The number of benzene rings is 1. The number of likely N-dealkylation sites (tertiary alicyclic amines) is 1. The zero-order valence-corrected chi connectivity index (χ0v) is 11.8. The van der Waals surface area contributed by atoms with E-state index in [4.69, 9.17) is 0 Å². The van der Waals surface area contributed by atoms with E-state index < -0.39 is 22.2 Å². The zero-order chi connectivity index (χ0) is 15.8. The summed E-state index contributed by atoms with van der Waals surface area (Å²) in [6, 6.07) is 4.44. The Morgan fingerprint density at radius 1 is 1.43 bits per heavy atom. The average molecular weight is 292 g/mol. The number of nitro benzene ring substituents is 1. The molecule has 7 heteroatoms. The summed E-state index contributed by atoms with van der Waals surface area (Å²) in [7, 11) is 0. The number of carboxylic acids is 1. The van der Waals surface area contributed by atoms with Crippen molar-refractivity contribution in [2.75, 3.05) is 13.1 Å². The Morgan fingerprint density at radius 3 is 2.62 bits per heavy atom. The fourth-order valence-corrected chi connectivity index (χ4v) is 2.55. The lowest BCUT2D eigenvalue weighted by atomic mass is 9.90. The van der Waals surface area contributed by atoms with Gasteiger partial charge in [0.1, 0.15) is 5.56 Å². The minimum absolute atomic E-state index is 0.0390. The van der Waals surface area contributed by atoms with Crippen LogP contribution in [0.1, 0.15) is 29.3 Å². The molecule has 21 heavy (non-hydrogen) atoms. The molecule has 0 aromatic heterocycles. The molecule has 1 unspecified atom stereocenters. The number of hydrogen-bond donors (Lipinski definition) is 1. The number of carbonyl (C=O) groups excluding carboxylic acids is 1. The molecular formula is C14H16N2O5. The number of amides is 1. The third kappa shape index (κ3) is 2.58. The van der Waals surface area contributed by atoms with Crippen LogP contribution in [0.4, 0.5) is 5.69 Å². The van der Waals surface area contributed by atoms with Crippen LogP contribution in [0.15, 0.2) is 18.2 Å². The first-order valence-electron chi connectivity index (χ1n) is 6.53. The van der Waals surface area contributed by atoms with Gasteiger partial charge in [-0.15, -0.1) is 0 Å². The Balaban J connectivity index is 2.35. The highest BCUT2D eigenvalue weighted by molar-refractivity contribution is 6.00. The second-order valence-electron chi connectivity index (χ2n) is 5.57. The van der Waals surface area contributed by atoms with E-state index in [1.165, 1.54) is 17.0 Å². The second kappa shape index (κ2) is 5.16. The molecule has 1 aliphatic heterocycles.